The van der Waals surface area contributed by atoms with Gasteiger partial charge in [-0.2, -0.15) is 0 Å². The summed E-state index contributed by atoms with van der Waals surface area (Å²) in [6.07, 6.45) is 0.130. The topological polar surface area (TPSA) is 91.7 Å². The zero-order valence-corrected chi connectivity index (χ0v) is 13.1. The van der Waals surface area contributed by atoms with E-state index in [1.54, 1.807) is 0 Å². The Balaban J connectivity index is 0.000000243. The fourth-order valence-electron chi connectivity index (χ4n) is 1.50. The van der Waals surface area contributed by atoms with Crippen molar-refractivity contribution in [3.63, 3.8) is 0 Å². The van der Waals surface area contributed by atoms with Gasteiger partial charge in [0.15, 0.2) is 12.1 Å². The van der Waals surface area contributed by atoms with Crippen molar-refractivity contribution in [3.05, 3.63) is 68.7 Å². The predicted octanol–water partition coefficient (Wildman–Crippen LogP) is 4.17. The summed E-state index contributed by atoms with van der Waals surface area (Å²) < 4.78 is 25.5. The van der Waals surface area contributed by atoms with E-state index in [0.717, 1.165) is 18.2 Å². The number of carbonyl (C=O) groups is 3. The fourth-order valence-corrected chi connectivity index (χ4v) is 1.78. The summed E-state index contributed by atoms with van der Waals surface area (Å²) in [5, 5.41) is 16.6. The van der Waals surface area contributed by atoms with Crippen molar-refractivity contribution in [3.8, 4) is 0 Å². The molecule has 2 rings (SSSR count). The van der Waals surface area contributed by atoms with Crippen LogP contribution in [0.3, 0.4) is 0 Å². The summed E-state index contributed by atoms with van der Waals surface area (Å²) in [5.74, 6) is -4.25. The number of hydrogen-bond acceptors (Lipinski definition) is 3. The highest BCUT2D eigenvalue weighted by Gasteiger charge is 2.16. The average Bonchev–Trinajstić information content (AvgIpc) is 2.52. The number of carbonyl (C=O) groups excluding carboxylic acids is 1. The third kappa shape index (κ3) is 4.74. The summed E-state index contributed by atoms with van der Waals surface area (Å²) >= 11 is 10.7. The van der Waals surface area contributed by atoms with E-state index in [4.69, 9.17) is 33.4 Å². The molecule has 2 aromatic carbocycles. The van der Waals surface area contributed by atoms with E-state index < -0.39 is 34.7 Å². The van der Waals surface area contributed by atoms with Crippen molar-refractivity contribution < 1.29 is 33.4 Å². The number of aldehydes is 1. The van der Waals surface area contributed by atoms with E-state index in [2.05, 4.69) is 0 Å². The Bertz CT molecular complexity index is 809. The molecule has 0 fully saturated rings. The molecule has 0 aliphatic rings. The highest BCUT2D eigenvalue weighted by atomic mass is 35.5. The van der Waals surface area contributed by atoms with E-state index in [1.165, 1.54) is 12.1 Å². The van der Waals surface area contributed by atoms with Gasteiger partial charge in [-0.05, 0) is 30.3 Å². The molecule has 0 atom stereocenters. The number of hydrogen-bond donors (Lipinski definition) is 2. The molecule has 9 heteroatoms. The molecule has 0 bridgehead atoms. The first kappa shape index (κ1) is 19.5. The van der Waals surface area contributed by atoms with Crippen molar-refractivity contribution in [2.24, 2.45) is 0 Å². The molecule has 0 aromatic heterocycles. The molecule has 5 nitrogen and oxygen atoms in total. The second-order valence-electron chi connectivity index (χ2n) is 4.18. The monoisotopic (exact) mass is 376 g/mol. The quantitative estimate of drug-likeness (QED) is 0.784. The van der Waals surface area contributed by atoms with Gasteiger partial charge in [0.25, 0.3) is 0 Å². The molecule has 0 unspecified atom stereocenters. The Labute approximate surface area is 144 Å². The Morgan fingerprint density at radius 1 is 0.958 bits per heavy atom. The van der Waals surface area contributed by atoms with Gasteiger partial charge in [-0.15, -0.1) is 0 Å². The van der Waals surface area contributed by atoms with Crippen LogP contribution < -0.4 is 0 Å². The second kappa shape index (κ2) is 8.37. The van der Waals surface area contributed by atoms with Crippen LogP contribution in [0.25, 0.3) is 0 Å². The molecule has 0 radical (unpaired) electrons. The molecule has 0 aliphatic heterocycles. The lowest BCUT2D eigenvalue weighted by molar-refractivity contribution is 0.0684. The second-order valence-corrected chi connectivity index (χ2v) is 4.99. The smallest absolute Gasteiger partial charge is 0.336 e. The van der Waals surface area contributed by atoms with Crippen molar-refractivity contribution in [2.45, 2.75) is 0 Å². The number of aromatic carboxylic acids is 2. The highest BCUT2D eigenvalue weighted by Crippen LogP contribution is 2.20. The molecule has 2 N–H and O–H groups in total. The fraction of sp³-hybridized carbons (Fsp3) is 0. The SMILES string of the molecule is O=C(O)c1ccc(Cl)c(F)c1.O=Cc1c(C(=O)O)ccc(Cl)c1F. The van der Waals surface area contributed by atoms with Gasteiger partial charge in [0, 0.05) is 0 Å². The van der Waals surface area contributed by atoms with Crippen LogP contribution in [-0.4, -0.2) is 28.4 Å². The van der Waals surface area contributed by atoms with Gasteiger partial charge in [0.2, 0.25) is 0 Å². The van der Waals surface area contributed by atoms with Gasteiger partial charge in [0.05, 0.1) is 26.7 Å². The van der Waals surface area contributed by atoms with Gasteiger partial charge in [-0.3, -0.25) is 4.79 Å². The number of carboxylic acids is 2. The Morgan fingerprint density at radius 3 is 2.00 bits per heavy atom. The Morgan fingerprint density at radius 2 is 1.54 bits per heavy atom. The van der Waals surface area contributed by atoms with Gasteiger partial charge in [-0.25, -0.2) is 18.4 Å². The van der Waals surface area contributed by atoms with E-state index in [1.807, 2.05) is 0 Å². The highest BCUT2D eigenvalue weighted by molar-refractivity contribution is 6.31. The van der Waals surface area contributed by atoms with E-state index in [9.17, 15) is 23.2 Å². The Hall–Kier alpha value is -2.51. The summed E-state index contributed by atoms with van der Waals surface area (Å²) in [7, 11) is 0. The molecule has 2 aromatic rings. The zero-order chi connectivity index (χ0) is 18.4. The van der Waals surface area contributed by atoms with Crippen LogP contribution >= 0.6 is 23.2 Å². The largest absolute Gasteiger partial charge is 0.478 e. The lowest BCUT2D eigenvalue weighted by Gasteiger charge is -2.01. The molecule has 0 heterocycles. The maximum atomic E-state index is 13.0. The van der Waals surface area contributed by atoms with Gasteiger partial charge in [-0.1, -0.05) is 23.2 Å². The molecular formula is C15H8Cl2F2O5. The maximum Gasteiger partial charge on any atom is 0.336 e. The minimum Gasteiger partial charge on any atom is -0.478 e. The summed E-state index contributed by atoms with van der Waals surface area (Å²) in [6.45, 7) is 0. The van der Waals surface area contributed by atoms with E-state index in [0.29, 0.717) is 0 Å². The Kier molecular flexibility index (Phi) is 6.82. The average molecular weight is 377 g/mol. The van der Waals surface area contributed by atoms with Crippen molar-refractivity contribution in [2.75, 3.05) is 0 Å². The van der Waals surface area contributed by atoms with E-state index in [-0.39, 0.29) is 21.9 Å². The lowest BCUT2D eigenvalue weighted by Crippen LogP contribution is -2.04. The molecule has 0 spiro atoms. The van der Waals surface area contributed by atoms with Crippen LogP contribution in [-0.2, 0) is 0 Å². The normalized spacial score (nSPS) is 9.67. The molecule has 0 saturated carbocycles. The number of rotatable bonds is 3. The van der Waals surface area contributed by atoms with Gasteiger partial charge < -0.3 is 10.2 Å². The first-order valence-electron chi connectivity index (χ1n) is 6.03. The predicted molar refractivity (Wildman–Crippen MR) is 82.1 cm³/mol. The van der Waals surface area contributed by atoms with Crippen LogP contribution in [0.2, 0.25) is 10.0 Å². The van der Waals surface area contributed by atoms with Crippen LogP contribution in [0.15, 0.2) is 30.3 Å². The number of carboxylic acid groups (broad SMARTS) is 2. The van der Waals surface area contributed by atoms with Gasteiger partial charge >= 0.3 is 11.9 Å². The minimum atomic E-state index is -1.36. The molecule has 126 valence electrons. The minimum absolute atomic E-state index is 0.0741. The number of halogens is 4. The zero-order valence-electron chi connectivity index (χ0n) is 11.6. The van der Waals surface area contributed by atoms with Crippen molar-refractivity contribution >= 4 is 41.4 Å². The lowest BCUT2D eigenvalue weighted by atomic mass is 10.1. The van der Waals surface area contributed by atoms with Crippen LogP contribution in [0.5, 0.6) is 0 Å². The third-order valence-corrected chi connectivity index (χ3v) is 3.25. The maximum absolute atomic E-state index is 13.0. The standard InChI is InChI=1S/C8H4ClFO3.C7H4ClFO2/c9-6-2-1-4(8(12)13)5(3-11)7(6)10;8-5-2-1-4(7(10)11)3-6(5)9/h1-3H,(H,12,13);1-3H,(H,10,11). The molecule has 0 amide bonds. The third-order valence-electron chi connectivity index (χ3n) is 2.65. The van der Waals surface area contributed by atoms with Crippen LogP contribution in [0.4, 0.5) is 8.78 Å². The summed E-state index contributed by atoms with van der Waals surface area (Å²) in [4.78, 5) is 31.1. The van der Waals surface area contributed by atoms with Crippen LogP contribution in [0.1, 0.15) is 31.1 Å². The summed E-state index contributed by atoms with van der Waals surface area (Å²) in [6, 6.07) is 5.50. The molecular weight excluding hydrogens is 369 g/mol. The number of benzene rings is 2. The van der Waals surface area contributed by atoms with Gasteiger partial charge in [0.1, 0.15) is 5.82 Å². The molecule has 24 heavy (non-hydrogen) atoms. The van der Waals surface area contributed by atoms with Crippen molar-refractivity contribution in [1.29, 1.82) is 0 Å². The summed E-state index contributed by atoms with van der Waals surface area (Å²) in [5.41, 5.74) is -1.02. The first-order valence-corrected chi connectivity index (χ1v) is 6.79. The first-order chi connectivity index (χ1) is 11.2. The molecule has 0 aliphatic carbocycles. The van der Waals surface area contributed by atoms with Crippen LogP contribution in [0, 0.1) is 11.6 Å². The van der Waals surface area contributed by atoms with Crippen molar-refractivity contribution in [1.82, 2.24) is 0 Å². The van der Waals surface area contributed by atoms with E-state index >= 15 is 0 Å². The molecule has 0 saturated heterocycles.